The van der Waals surface area contributed by atoms with Crippen LogP contribution in [0.5, 0.6) is 0 Å². The zero-order valence-corrected chi connectivity index (χ0v) is 15.2. The van der Waals surface area contributed by atoms with Gasteiger partial charge < -0.3 is 19.2 Å². The third-order valence-corrected chi connectivity index (χ3v) is 5.19. The van der Waals surface area contributed by atoms with E-state index in [0.717, 1.165) is 48.5 Å². The summed E-state index contributed by atoms with van der Waals surface area (Å²) < 4.78 is 10.1. The van der Waals surface area contributed by atoms with Crippen molar-refractivity contribution in [3.05, 3.63) is 47.3 Å². The van der Waals surface area contributed by atoms with Gasteiger partial charge in [-0.15, -0.1) is 0 Å². The first kappa shape index (κ1) is 16.6. The maximum Gasteiger partial charge on any atom is 0.123 e. The Hall–Kier alpha value is -1.89. The molecule has 4 rings (SSSR count). The number of aromatic nitrogens is 4. The number of nitrogens with zero attached hydrogens (tertiary/aromatic N) is 4. The predicted molar refractivity (Wildman–Crippen MR) is 97.5 cm³/mol. The molecule has 0 saturated carbocycles. The molecule has 25 heavy (non-hydrogen) atoms. The van der Waals surface area contributed by atoms with Gasteiger partial charge in [0.1, 0.15) is 11.9 Å². The van der Waals surface area contributed by atoms with Crippen LogP contribution >= 0.6 is 11.6 Å². The highest BCUT2D eigenvalue weighted by atomic mass is 35.5. The Bertz CT molecular complexity index is 887. The van der Waals surface area contributed by atoms with Gasteiger partial charge in [-0.25, -0.2) is 9.97 Å². The molecule has 1 aliphatic rings. The Kier molecular flexibility index (Phi) is 4.50. The Morgan fingerprint density at radius 3 is 3.04 bits per heavy atom. The van der Waals surface area contributed by atoms with Crippen LogP contribution in [-0.2, 0) is 25.4 Å². The van der Waals surface area contributed by atoms with Crippen LogP contribution in [0, 0.1) is 0 Å². The molecule has 1 saturated heterocycles. The van der Waals surface area contributed by atoms with E-state index in [1.807, 2.05) is 49.4 Å². The van der Waals surface area contributed by atoms with E-state index in [4.69, 9.17) is 21.3 Å². The van der Waals surface area contributed by atoms with E-state index in [1.165, 1.54) is 0 Å². The second kappa shape index (κ2) is 6.78. The van der Waals surface area contributed by atoms with Crippen LogP contribution in [0.2, 0.25) is 5.02 Å². The molecule has 3 heterocycles. The van der Waals surface area contributed by atoms with Gasteiger partial charge in [-0.2, -0.15) is 0 Å². The van der Waals surface area contributed by atoms with Crippen LogP contribution in [0.15, 0.2) is 30.7 Å². The molecule has 2 atom stereocenters. The van der Waals surface area contributed by atoms with Crippen LogP contribution in [0.4, 0.5) is 0 Å². The summed E-state index contributed by atoms with van der Waals surface area (Å²) in [5, 5.41) is 4.36. The van der Waals surface area contributed by atoms with E-state index >= 15 is 0 Å². The Morgan fingerprint density at radius 1 is 1.36 bits per heavy atom. The summed E-state index contributed by atoms with van der Waals surface area (Å²) in [5.74, 6) is 1.01. The first-order valence-electron chi connectivity index (χ1n) is 8.54. The average Bonchev–Trinajstić information content (AvgIpc) is 3.17. The molecule has 0 bridgehead atoms. The normalized spacial score (nSPS) is 21.1. The molecule has 7 heteroatoms. The molecule has 2 aromatic heterocycles. The standard InChI is InChI=1S/C18H22ClN5O/c1-23-11-20-9-16(23)17-8-13(5-6-25-17)21-10-18-22-14-7-12(19)3-4-15(14)24(18)2/h3-4,7,9,11,13,17,21H,5-6,8,10H2,1-2H3/t13-,17+/m0/s1. The first-order chi connectivity index (χ1) is 12.1. The number of nitrogens with one attached hydrogen (secondary N) is 1. The predicted octanol–water partition coefficient (Wildman–Crippen LogP) is 2.97. The Balaban J connectivity index is 1.44. The van der Waals surface area contributed by atoms with E-state index in [9.17, 15) is 0 Å². The molecule has 1 aliphatic heterocycles. The van der Waals surface area contributed by atoms with E-state index < -0.39 is 0 Å². The van der Waals surface area contributed by atoms with Crippen molar-refractivity contribution in [1.82, 2.24) is 24.4 Å². The van der Waals surface area contributed by atoms with E-state index in [1.54, 1.807) is 0 Å². The number of rotatable bonds is 4. The molecule has 132 valence electrons. The summed E-state index contributed by atoms with van der Waals surface area (Å²) in [5.41, 5.74) is 3.16. The largest absolute Gasteiger partial charge is 0.372 e. The fraction of sp³-hybridized carbons (Fsp3) is 0.444. The fourth-order valence-corrected chi connectivity index (χ4v) is 3.65. The summed E-state index contributed by atoms with van der Waals surface area (Å²) >= 11 is 6.07. The van der Waals surface area contributed by atoms with Crippen molar-refractivity contribution in [3.63, 3.8) is 0 Å². The second-order valence-electron chi connectivity index (χ2n) is 6.61. The zero-order valence-electron chi connectivity index (χ0n) is 14.4. The van der Waals surface area contributed by atoms with Crippen LogP contribution in [0.3, 0.4) is 0 Å². The summed E-state index contributed by atoms with van der Waals surface area (Å²) in [4.78, 5) is 8.91. The lowest BCUT2D eigenvalue weighted by atomic mass is 10.0. The summed E-state index contributed by atoms with van der Waals surface area (Å²) in [6, 6.07) is 6.23. The van der Waals surface area contributed by atoms with Gasteiger partial charge in [0.05, 0.1) is 35.8 Å². The van der Waals surface area contributed by atoms with E-state index in [-0.39, 0.29) is 6.10 Å². The number of hydrogen-bond donors (Lipinski definition) is 1. The lowest BCUT2D eigenvalue weighted by Gasteiger charge is -2.30. The van der Waals surface area contributed by atoms with Crippen molar-refractivity contribution in [1.29, 1.82) is 0 Å². The lowest BCUT2D eigenvalue weighted by molar-refractivity contribution is -0.00417. The third kappa shape index (κ3) is 3.29. The smallest absolute Gasteiger partial charge is 0.123 e. The maximum absolute atomic E-state index is 6.07. The van der Waals surface area contributed by atoms with Crippen molar-refractivity contribution < 1.29 is 4.74 Å². The lowest BCUT2D eigenvalue weighted by Crippen LogP contribution is -2.36. The van der Waals surface area contributed by atoms with Crippen LogP contribution in [0.25, 0.3) is 11.0 Å². The average molecular weight is 360 g/mol. The molecule has 0 unspecified atom stereocenters. The molecule has 0 radical (unpaired) electrons. The van der Waals surface area contributed by atoms with E-state index in [0.29, 0.717) is 11.1 Å². The highest BCUT2D eigenvalue weighted by Crippen LogP contribution is 2.28. The highest BCUT2D eigenvalue weighted by Gasteiger charge is 2.25. The van der Waals surface area contributed by atoms with E-state index in [2.05, 4.69) is 14.9 Å². The minimum Gasteiger partial charge on any atom is -0.372 e. The molecule has 0 spiro atoms. The second-order valence-corrected chi connectivity index (χ2v) is 7.05. The van der Waals surface area contributed by atoms with Gasteiger partial charge in [0.15, 0.2) is 0 Å². The van der Waals surface area contributed by atoms with Gasteiger partial charge in [0, 0.05) is 31.8 Å². The summed E-state index contributed by atoms with van der Waals surface area (Å²) in [6.45, 7) is 1.48. The minimum atomic E-state index is 0.0954. The van der Waals surface area contributed by atoms with Gasteiger partial charge in [0.2, 0.25) is 0 Å². The number of halogens is 1. The van der Waals surface area contributed by atoms with Crippen molar-refractivity contribution in [2.24, 2.45) is 14.1 Å². The maximum atomic E-state index is 6.07. The van der Waals surface area contributed by atoms with Gasteiger partial charge in [-0.05, 0) is 31.0 Å². The molecule has 3 aromatic rings. The molecule has 6 nitrogen and oxygen atoms in total. The number of fused-ring (bicyclic) bond motifs is 1. The van der Waals surface area contributed by atoms with Crippen molar-refractivity contribution in [2.75, 3.05) is 6.61 Å². The monoisotopic (exact) mass is 359 g/mol. The summed E-state index contributed by atoms with van der Waals surface area (Å²) in [7, 11) is 4.05. The number of benzene rings is 1. The quantitative estimate of drug-likeness (QED) is 0.778. The fourth-order valence-electron chi connectivity index (χ4n) is 3.48. The number of ether oxygens (including phenoxy) is 1. The molecule has 0 amide bonds. The van der Waals surface area contributed by atoms with Crippen molar-refractivity contribution in [3.8, 4) is 0 Å². The topological polar surface area (TPSA) is 56.9 Å². The summed E-state index contributed by atoms with van der Waals surface area (Å²) in [6.07, 6.45) is 5.75. The number of aryl methyl sites for hydroxylation is 2. The van der Waals surface area contributed by atoms with Crippen LogP contribution < -0.4 is 5.32 Å². The van der Waals surface area contributed by atoms with Gasteiger partial charge in [0.25, 0.3) is 0 Å². The zero-order chi connectivity index (χ0) is 17.4. The third-order valence-electron chi connectivity index (χ3n) is 4.95. The first-order valence-corrected chi connectivity index (χ1v) is 8.91. The SMILES string of the molecule is Cn1cncc1[C@H]1C[C@@H](NCc2nc3cc(Cl)ccc3n2C)CCO1. The van der Waals surface area contributed by atoms with Gasteiger partial charge in [-0.3, -0.25) is 0 Å². The molecular formula is C18H22ClN5O. The van der Waals surface area contributed by atoms with Crippen LogP contribution in [-0.4, -0.2) is 31.8 Å². The number of hydrogen-bond acceptors (Lipinski definition) is 4. The van der Waals surface area contributed by atoms with Crippen molar-refractivity contribution in [2.45, 2.75) is 31.5 Å². The van der Waals surface area contributed by atoms with Gasteiger partial charge in [-0.1, -0.05) is 11.6 Å². The van der Waals surface area contributed by atoms with Crippen molar-refractivity contribution >= 4 is 22.6 Å². The molecule has 1 N–H and O–H groups in total. The molecular weight excluding hydrogens is 338 g/mol. The Labute approximate surface area is 151 Å². The van der Waals surface area contributed by atoms with Gasteiger partial charge >= 0.3 is 0 Å². The molecule has 1 fully saturated rings. The number of imidazole rings is 2. The molecule has 1 aromatic carbocycles. The van der Waals surface area contributed by atoms with Crippen LogP contribution in [0.1, 0.15) is 30.5 Å². The molecule has 0 aliphatic carbocycles. The minimum absolute atomic E-state index is 0.0954. The Morgan fingerprint density at radius 2 is 2.24 bits per heavy atom. The highest BCUT2D eigenvalue weighted by molar-refractivity contribution is 6.31.